The van der Waals surface area contributed by atoms with E-state index in [1.807, 2.05) is 45.6 Å². The molecule has 2 aromatic heterocycles. The van der Waals surface area contributed by atoms with Crippen molar-refractivity contribution >= 4 is 5.91 Å². The third-order valence-electron chi connectivity index (χ3n) is 5.72. The summed E-state index contributed by atoms with van der Waals surface area (Å²) in [6.45, 7) is 2.49. The first-order valence-electron chi connectivity index (χ1n) is 10.7. The summed E-state index contributed by atoms with van der Waals surface area (Å²) in [5.41, 5.74) is 3.17. The monoisotopic (exact) mass is 446 g/mol. The molecule has 33 heavy (non-hydrogen) atoms. The van der Waals surface area contributed by atoms with Crippen LogP contribution in [0.5, 0.6) is 0 Å². The summed E-state index contributed by atoms with van der Waals surface area (Å²) in [5.74, 6) is 0.897. The molecule has 4 aromatic rings. The molecule has 9 heteroatoms. The molecule has 3 heterocycles. The number of carbonyl (C=O) groups excluding carboxylic acids is 1. The summed E-state index contributed by atoms with van der Waals surface area (Å²) in [4.78, 5) is 14.6. The third-order valence-corrected chi connectivity index (χ3v) is 5.72. The van der Waals surface area contributed by atoms with Crippen LogP contribution in [0.1, 0.15) is 16.2 Å². The molecular weight excluding hydrogens is 423 g/mol. The van der Waals surface area contributed by atoms with Gasteiger partial charge in [0.1, 0.15) is 11.5 Å². The summed E-state index contributed by atoms with van der Waals surface area (Å²) in [7, 11) is 1.66. The number of fused-ring (bicyclic) bond motifs is 1. The lowest BCUT2D eigenvalue weighted by Crippen LogP contribution is -2.38. The van der Waals surface area contributed by atoms with Gasteiger partial charge in [0.05, 0.1) is 25.4 Å². The van der Waals surface area contributed by atoms with Gasteiger partial charge in [-0.3, -0.25) is 9.48 Å². The third kappa shape index (κ3) is 4.14. The van der Waals surface area contributed by atoms with Crippen molar-refractivity contribution in [3.05, 3.63) is 77.9 Å². The van der Waals surface area contributed by atoms with Gasteiger partial charge in [-0.1, -0.05) is 30.3 Å². The molecule has 168 valence electrons. The number of benzene rings is 2. The Balaban J connectivity index is 1.44. The van der Waals surface area contributed by atoms with Crippen molar-refractivity contribution in [1.29, 1.82) is 0 Å². The molecule has 1 aliphatic rings. The van der Waals surface area contributed by atoms with Crippen LogP contribution in [0.15, 0.2) is 60.7 Å². The van der Waals surface area contributed by atoms with Crippen molar-refractivity contribution in [2.45, 2.75) is 19.6 Å². The molecule has 1 aliphatic heterocycles. The number of hydrogen-bond acceptors (Lipinski definition) is 5. The highest BCUT2D eigenvalue weighted by Gasteiger charge is 2.27. The molecule has 0 unspecified atom stereocenters. The van der Waals surface area contributed by atoms with Crippen LogP contribution in [0.25, 0.3) is 22.8 Å². The number of ether oxygens (including phenoxy) is 1. The largest absolute Gasteiger partial charge is 0.383 e. The first-order chi connectivity index (χ1) is 16.1. The average molecular weight is 446 g/mol. The number of halogens is 1. The highest BCUT2D eigenvalue weighted by Crippen LogP contribution is 2.27. The molecule has 0 saturated carbocycles. The Hall–Kier alpha value is -3.85. The number of amides is 1. The summed E-state index contributed by atoms with van der Waals surface area (Å²) < 4.78 is 22.4. The Morgan fingerprint density at radius 3 is 2.61 bits per heavy atom. The molecule has 0 radical (unpaired) electrons. The van der Waals surface area contributed by atoms with E-state index in [1.165, 1.54) is 24.3 Å². The van der Waals surface area contributed by atoms with Gasteiger partial charge in [0.2, 0.25) is 0 Å². The van der Waals surface area contributed by atoms with Gasteiger partial charge < -0.3 is 14.2 Å². The van der Waals surface area contributed by atoms with Crippen LogP contribution in [-0.4, -0.2) is 55.6 Å². The van der Waals surface area contributed by atoms with Crippen LogP contribution < -0.4 is 0 Å². The van der Waals surface area contributed by atoms with Gasteiger partial charge in [-0.2, -0.15) is 5.10 Å². The van der Waals surface area contributed by atoms with E-state index >= 15 is 0 Å². The Labute approximate surface area is 190 Å². The van der Waals surface area contributed by atoms with Gasteiger partial charge in [-0.05, 0) is 30.3 Å². The number of hydrogen-bond donors (Lipinski definition) is 0. The Bertz CT molecular complexity index is 1270. The highest BCUT2D eigenvalue weighted by molar-refractivity contribution is 5.94. The summed E-state index contributed by atoms with van der Waals surface area (Å²) in [5, 5.41) is 13.6. The second kappa shape index (κ2) is 8.95. The van der Waals surface area contributed by atoms with Crippen LogP contribution in [0, 0.1) is 5.82 Å². The van der Waals surface area contributed by atoms with Gasteiger partial charge in [0.15, 0.2) is 11.6 Å². The van der Waals surface area contributed by atoms with E-state index in [9.17, 15) is 9.18 Å². The maximum absolute atomic E-state index is 13.2. The first kappa shape index (κ1) is 21.0. The normalized spacial score (nSPS) is 13.2. The predicted octanol–water partition coefficient (Wildman–Crippen LogP) is 3.25. The van der Waals surface area contributed by atoms with Gasteiger partial charge in [-0.15, -0.1) is 10.2 Å². The van der Waals surface area contributed by atoms with Crippen LogP contribution in [0.3, 0.4) is 0 Å². The quantitative estimate of drug-likeness (QED) is 0.454. The van der Waals surface area contributed by atoms with E-state index in [0.29, 0.717) is 50.0 Å². The number of methoxy groups -OCH3 is 1. The molecular formula is C24H23FN6O2. The average Bonchev–Trinajstić information content (AvgIpc) is 3.47. The maximum Gasteiger partial charge on any atom is 0.254 e. The van der Waals surface area contributed by atoms with Crippen LogP contribution in [-0.2, 0) is 24.4 Å². The molecule has 2 aromatic carbocycles. The van der Waals surface area contributed by atoms with Crippen molar-refractivity contribution in [3.8, 4) is 22.8 Å². The SMILES string of the molecule is COCCn1nc(-c2ccccc2)cc1-c1nnc2n1CCN(C(=O)c1ccc(F)cc1)C2. The van der Waals surface area contributed by atoms with E-state index in [1.54, 1.807) is 12.0 Å². The lowest BCUT2D eigenvalue weighted by atomic mass is 10.1. The van der Waals surface area contributed by atoms with Gasteiger partial charge >= 0.3 is 0 Å². The lowest BCUT2D eigenvalue weighted by molar-refractivity contribution is 0.0708. The summed E-state index contributed by atoms with van der Waals surface area (Å²) >= 11 is 0. The fourth-order valence-electron chi connectivity index (χ4n) is 3.99. The number of rotatable bonds is 6. The van der Waals surface area contributed by atoms with E-state index in [4.69, 9.17) is 9.84 Å². The Morgan fingerprint density at radius 2 is 1.85 bits per heavy atom. The van der Waals surface area contributed by atoms with Crippen molar-refractivity contribution in [2.75, 3.05) is 20.3 Å². The van der Waals surface area contributed by atoms with E-state index in [2.05, 4.69) is 10.2 Å². The number of aromatic nitrogens is 5. The zero-order valence-electron chi connectivity index (χ0n) is 18.2. The second-order valence-corrected chi connectivity index (χ2v) is 7.82. The van der Waals surface area contributed by atoms with E-state index < -0.39 is 0 Å². The highest BCUT2D eigenvalue weighted by atomic mass is 19.1. The van der Waals surface area contributed by atoms with Crippen molar-refractivity contribution in [2.24, 2.45) is 0 Å². The van der Waals surface area contributed by atoms with Crippen molar-refractivity contribution in [1.82, 2.24) is 29.4 Å². The topological polar surface area (TPSA) is 78.1 Å². The van der Waals surface area contributed by atoms with E-state index in [-0.39, 0.29) is 11.7 Å². The molecule has 0 N–H and O–H groups in total. The van der Waals surface area contributed by atoms with Crippen molar-refractivity contribution < 1.29 is 13.9 Å². The van der Waals surface area contributed by atoms with Crippen molar-refractivity contribution in [3.63, 3.8) is 0 Å². The Morgan fingerprint density at radius 1 is 1.06 bits per heavy atom. The van der Waals surface area contributed by atoms with Crippen LogP contribution >= 0.6 is 0 Å². The first-order valence-corrected chi connectivity index (χ1v) is 10.7. The number of nitrogens with zero attached hydrogens (tertiary/aromatic N) is 6. The van der Waals surface area contributed by atoms with E-state index in [0.717, 1.165) is 17.0 Å². The molecule has 0 bridgehead atoms. The van der Waals surface area contributed by atoms with Crippen LogP contribution in [0.2, 0.25) is 0 Å². The minimum Gasteiger partial charge on any atom is -0.383 e. The number of carbonyl (C=O) groups is 1. The molecule has 0 fully saturated rings. The molecule has 5 rings (SSSR count). The molecule has 8 nitrogen and oxygen atoms in total. The summed E-state index contributed by atoms with van der Waals surface area (Å²) in [6, 6.07) is 17.6. The minimum atomic E-state index is -0.366. The molecule has 0 aliphatic carbocycles. The Kier molecular flexibility index (Phi) is 5.70. The lowest BCUT2D eigenvalue weighted by Gasteiger charge is -2.28. The summed E-state index contributed by atoms with van der Waals surface area (Å²) in [6.07, 6.45) is 0. The standard InChI is InChI=1S/C24H23FN6O2/c1-33-14-13-31-21(15-20(28-31)17-5-3-2-4-6-17)23-27-26-22-16-29(11-12-30(22)23)24(32)18-7-9-19(25)10-8-18/h2-10,15H,11-14,16H2,1H3. The molecule has 0 saturated heterocycles. The molecule has 0 spiro atoms. The minimum absolute atomic E-state index is 0.151. The fourth-order valence-corrected chi connectivity index (χ4v) is 3.99. The predicted molar refractivity (Wildman–Crippen MR) is 120 cm³/mol. The second-order valence-electron chi connectivity index (χ2n) is 7.82. The van der Waals surface area contributed by atoms with Gasteiger partial charge in [0.25, 0.3) is 5.91 Å². The maximum atomic E-state index is 13.2. The molecule has 1 amide bonds. The molecule has 0 atom stereocenters. The van der Waals surface area contributed by atoms with Gasteiger partial charge in [-0.25, -0.2) is 4.39 Å². The smallest absolute Gasteiger partial charge is 0.254 e. The van der Waals surface area contributed by atoms with Gasteiger partial charge in [0, 0.05) is 31.3 Å². The zero-order valence-corrected chi connectivity index (χ0v) is 18.2. The zero-order chi connectivity index (χ0) is 22.8. The fraction of sp³-hybridized carbons (Fsp3) is 0.250. The van der Waals surface area contributed by atoms with Crippen LogP contribution in [0.4, 0.5) is 4.39 Å².